The van der Waals surface area contributed by atoms with Crippen LogP contribution in [-0.2, 0) is 0 Å². The van der Waals surface area contributed by atoms with Gasteiger partial charge in [0.1, 0.15) is 10.7 Å². The van der Waals surface area contributed by atoms with Gasteiger partial charge in [-0.25, -0.2) is 4.39 Å². The Labute approximate surface area is 121 Å². The molecule has 0 saturated carbocycles. The number of rotatable bonds is 1. The average molecular weight is 292 g/mol. The van der Waals surface area contributed by atoms with Gasteiger partial charge >= 0.3 is 0 Å². The molecule has 2 heterocycles. The molecule has 0 radical (unpaired) electrons. The van der Waals surface area contributed by atoms with Crippen molar-refractivity contribution in [2.24, 2.45) is 5.92 Å². The van der Waals surface area contributed by atoms with Crippen molar-refractivity contribution < 1.29 is 9.18 Å². The molecule has 0 bridgehead atoms. The first-order valence-electron chi connectivity index (χ1n) is 6.83. The lowest BCUT2D eigenvalue weighted by Crippen LogP contribution is -2.37. The van der Waals surface area contributed by atoms with Crippen LogP contribution in [-0.4, -0.2) is 23.9 Å². The number of benzene rings is 1. The molecule has 1 fully saturated rings. The third-order valence-corrected chi connectivity index (χ3v) is 5.13. The number of nitrogens with two attached hydrogens (primary N) is 1. The molecule has 1 amide bonds. The summed E-state index contributed by atoms with van der Waals surface area (Å²) >= 11 is 1.35. The quantitative estimate of drug-likeness (QED) is 0.874. The summed E-state index contributed by atoms with van der Waals surface area (Å²) in [4.78, 5) is 14.9. The van der Waals surface area contributed by atoms with Gasteiger partial charge in [0.05, 0.1) is 5.69 Å². The summed E-state index contributed by atoms with van der Waals surface area (Å²) in [6.45, 7) is 3.77. The fourth-order valence-electron chi connectivity index (χ4n) is 2.60. The van der Waals surface area contributed by atoms with E-state index in [2.05, 4.69) is 6.92 Å². The molecule has 0 unspecified atom stereocenters. The zero-order valence-electron chi connectivity index (χ0n) is 11.4. The van der Waals surface area contributed by atoms with E-state index < -0.39 is 0 Å². The van der Waals surface area contributed by atoms with Crippen molar-refractivity contribution in [1.29, 1.82) is 0 Å². The molecule has 1 saturated heterocycles. The summed E-state index contributed by atoms with van der Waals surface area (Å²) in [7, 11) is 0. The van der Waals surface area contributed by atoms with Gasteiger partial charge in [-0.05, 0) is 37.0 Å². The minimum absolute atomic E-state index is 0.0176. The van der Waals surface area contributed by atoms with Crippen LogP contribution in [0.4, 0.5) is 10.1 Å². The topological polar surface area (TPSA) is 46.3 Å². The van der Waals surface area contributed by atoms with Crippen molar-refractivity contribution in [2.45, 2.75) is 19.8 Å². The lowest BCUT2D eigenvalue weighted by molar-refractivity contribution is 0.0703. The molecule has 1 aromatic carbocycles. The molecule has 20 heavy (non-hydrogen) atoms. The smallest absolute Gasteiger partial charge is 0.266 e. The van der Waals surface area contributed by atoms with E-state index in [1.807, 2.05) is 4.90 Å². The molecule has 1 aliphatic rings. The number of thiophene rings is 1. The summed E-state index contributed by atoms with van der Waals surface area (Å²) < 4.78 is 14.1. The predicted molar refractivity (Wildman–Crippen MR) is 80.5 cm³/mol. The Morgan fingerprint density at radius 3 is 2.80 bits per heavy atom. The second kappa shape index (κ2) is 5.05. The molecule has 2 N–H and O–H groups in total. The van der Waals surface area contributed by atoms with Gasteiger partial charge in [0, 0.05) is 23.2 Å². The number of carbonyl (C=O) groups is 1. The Kier molecular flexibility index (Phi) is 3.38. The number of amides is 1. The Bertz CT molecular complexity index is 659. The molecule has 5 heteroatoms. The van der Waals surface area contributed by atoms with Crippen molar-refractivity contribution in [3.05, 3.63) is 28.9 Å². The van der Waals surface area contributed by atoms with Crippen LogP contribution in [0.25, 0.3) is 10.1 Å². The Balaban J connectivity index is 1.93. The maximum atomic E-state index is 13.3. The maximum Gasteiger partial charge on any atom is 0.266 e. The number of hydrogen-bond donors (Lipinski definition) is 1. The van der Waals surface area contributed by atoms with Gasteiger partial charge < -0.3 is 10.6 Å². The van der Waals surface area contributed by atoms with Crippen LogP contribution in [0.15, 0.2) is 18.2 Å². The van der Waals surface area contributed by atoms with Crippen LogP contribution in [0.2, 0.25) is 0 Å². The van der Waals surface area contributed by atoms with Crippen molar-refractivity contribution >= 4 is 33.0 Å². The fourth-order valence-corrected chi connectivity index (χ4v) is 3.67. The van der Waals surface area contributed by atoms with Gasteiger partial charge in [-0.1, -0.05) is 6.92 Å². The maximum absolute atomic E-state index is 13.3. The molecular weight excluding hydrogens is 275 g/mol. The molecule has 0 spiro atoms. The number of anilines is 1. The minimum atomic E-state index is -0.326. The van der Waals surface area contributed by atoms with Gasteiger partial charge in [-0.3, -0.25) is 4.79 Å². The van der Waals surface area contributed by atoms with Crippen molar-refractivity contribution in [3.8, 4) is 0 Å². The van der Waals surface area contributed by atoms with E-state index in [9.17, 15) is 9.18 Å². The lowest BCUT2D eigenvalue weighted by atomic mass is 9.99. The monoisotopic (exact) mass is 292 g/mol. The minimum Gasteiger partial charge on any atom is -0.397 e. The molecule has 0 atom stereocenters. The average Bonchev–Trinajstić information content (AvgIpc) is 2.76. The number of nitrogen functional groups attached to an aromatic ring is 1. The molecular formula is C15H17FN2OS. The summed E-state index contributed by atoms with van der Waals surface area (Å²) in [5.41, 5.74) is 6.45. The van der Waals surface area contributed by atoms with Crippen LogP contribution < -0.4 is 5.73 Å². The van der Waals surface area contributed by atoms with Crippen LogP contribution >= 0.6 is 11.3 Å². The lowest BCUT2D eigenvalue weighted by Gasteiger charge is -2.30. The molecule has 3 rings (SSSR count). The predicted octanol–water partition coefficient (Wildman–Crippen LogP) is 3.49. The number of fused-ring (bicyclic) bond motifs is 1. The van der Waals surface area contributed by atoms with Gasteiger partial charge in [-0.2, -0.15) is 0 Å². The van der Waals surface area contributed by atoms with Crippen molar-refractivity contribution in [3.63, 3.8) is 0 Å². The standard InChI is InChI=1S/C15H17FN2OS/c1-9-4-6-18(7-5-9)15(19)14-13(17)11-8-10(16)2-3-12(11)20-14/h2-3,8-9H,4-7,17H2,1H3. The van der Waals surface area contributed by atoms with E-state index in [4.69, 9.17) is 5.73 Å². The highest BCUT2D eigenvalue weighted by molar-refractivity contribution is 7.21. The highest BCUT2D eigenvalue weighted by atomic mass is 32.1. The van der Waals surface area contributed by atoms with Gasteiger partial charge in [0.2, 0.25) is 0 Å². The van der Waals surface area contributed by atoms with Crippen LogP contribution in [0, 0.1) is 11.7 Å². The first-order chi connectivity index (χ1) is 9.56. The zero-order chi connectivity index (χ0) is 14.3. The Morgan fingerprint density at radius 2 is 2.10 bits per heavy atom. The number of likely N-dealkylation sites (tertiary alicyclic amines) is 1. The fraction of sp³-hybridized carbons (Fsp3) is 0.400. The van der Waals surface area contributed by atoms with Gasteiger partial charge in [-0.15, -0.1) is 11.3 Å². The molecule has 1 aromatic heterocycles. The molecule has 0 aliphatic carbocycles. The van der Waals surface area contributed by atoms with E-state index in [0.29, 0.717) is 21.9 Å². The van der Waals surface area contributed by atoms with Crippen LogP contribution in [0.3, 0.4) is 0 Å². The summed E-state index contributed by atoms with van der Waals surface area (Å²) in [6.07, 6.45) is 2.07. The third-order valence-electron chi connectivity index (χ3n) is 3.95. The number of halogens is 1. The molecule has 2 aromatic rings. The second-order valence-corrected chi connectivity index (χ2v) is 6.51. The van der Waals surface area contributed by atoms with Crippen LogP contribution in [0.1, 0.15) is 29.4 Å². The molecule has 106 valence electrons. The largest absolute Gasteiger partial charge is 0.397 e. The molecule has 3 nitrogen and oxygen atoms in total. The number of hydrogen-bond acceptors (Lipinski definition) is 3. The van der Waals surface area contributed by atoms with E-state index in [0.717, 1.165) is 30.6 Å². The summed E-state index contributed by atoms with van der Waals surface area (Å²) in [6, 6.07) is 4.48. The van der Waals surface area contributed by atoms with Crippen molar-refractivity contribution in [2.75, 3.05) is 18.8 Å². The summed E-state index contributed by atoms with van der Waals surface area (Å²) in [5.74, 6) is 0.330. The van der Waals surface area contributed by atoms with Gasteiger partial charge in [0.15, 0.2) is 0 Å². The van der Waals surface area contributed by atoms with Crippen molar-refractivity contribution in [1.82, 2.24) is 4.90 Å². The third kappa shape index (κ3) is 2.26. The van der Waals surface area contributed by atoms with E-state index in [1.165, 1.54) is 23.5 Å². The SMILES string of the molecule is CC1CCN(C(=O)c2sc3ccc(F)cc3c2N)CC1. The highest BCUT2D eigenvalue weighted by Gasteiger charge is 2.25. The van der Waals surface area contributed by atoms with E-state index >= 15 is 0 Å². The van der Waals surface area contributed by atoms with Gasteiger partial charge in [0.25, 0.3) is 5.91 Å². The zero-order valence-corrected chi connectivity index (χ0v) is 12.2. The van der Waals surface area contributed by atoms with Crippen LogP contribution in [0.5, 0.6) is 0 Å². The number of carbonyl (C=O) groups excluding carboxylic acids is 1. The first-order valence-corrected chi connectivity index (χ1v) is 7.64. The Hall–Kier alpha value is -1.62. The normalized spacial score (nSPS) is 16.8. The Morgan fingerprint density at radius 1 is 1.40 bits per heavy atom. The second-order valence-electron chi connectivity index (χ2n) is 5.46. The first kappa shape index (κ1) is 13.4. The number of nitrogens with zero attached hydrogens (tertiary/aromatic N) is 1. The summed E-state index contributed by atoms with van der Waals surface area (Å²) in [5, 5.41) is 0.642. The van der Waals surface area contributed by atoms with E-state index in [-0.39, 0.29) is 11.7 Å². The van der Waals surface area contributed by atoms with E-state index in [1.54, 1.807) is 6.07 Å². The number of piperidine rings is 1. The highest BCUT2D eigenvalue weighted by Crippen LogP contribution is 2.35. The molecule has 1 aliphatic heterocycles.